The summed E-state index contributed by atoms with van der Waals surface area (Å²) in [7, 11) is 1.70. The number of Topliss-reactive ketones (excluding diaryl/α,β-unsaturated/α-hetero) is 1. The summed E-state index contributed by atoms with van der Waals surface area (Å²) in [6.45, 7) is 9.52. The van der Waals surface area contributed by atoms with Crippen molar-refractivity contribution in [1.29, 1.82) is 0 Å². The Bertz CT molecular complexity index is 1920. The first-order valence-corrected chi connectivity index (χ1v) is 22.9. The maximum Gasteiger partial charge on any atom is 0.246 e. The molecule has 1 aromatic carbocycles. The lowest BCUT2D eigenvalue weighted by Crippen LogP contribution is -2.57. The summed E-state index contributed by atoms with van der Waals surface area (Å²) >= 11 is 0. The molecule has 3 fully saturated rings. The van der Waals surface area contributed by atoms with E-state index >= 15 is 9.59 Å². The minimum atomic E-state index is -1.21. The molecule has 2 aromatic heterocycles. The Hall–Kier alpha value is -4.82. The fourth-order valence-electron chi connectivity index (χ4n) is 9.94. The minimum absolute atomic E-state index is 0. The van der Waals surface area contributed by atoms with Gasteiger partial charge in [0.05, 0.1) is 30.8 Å². The largest absolute Gasteiger partial charge is 0.391 e. The van der Waals surface area contributed by atoms with Crippen molar-refractivity contribution in [2.45, 2.75) is 141 Å². The summed E-state index contributed by atoms with van der Waals surface area (Å²) in [5.41, 5.74) is 1.40. The van der Waals surface area contributed by atoms with Crippen molar-refractivity contribution in [3.63, 3.8) is 0 Å². The number of amides is 4. The first-order chi connectivity index (χ1) is 29.9. The lowest BCUT2D eigenvalue weighted by molar-refractivity contribution is -0.148. The summed E-state index contributed by atoms with van der Waals surface area (Å²) in [6, 6.07) is 6.25. The second-order valence-corrected chi connectivity index (χ2v) is 18.2. The van der Waals surface area contributed by atoms with Gasteiger partial charge in [-0.1, -0.05) is 82.4 Å². The van der Waals surface area contributed by atoms with E-state index < -0.39 is 53.8 Å². The number of aromatic amines is 1. The van der Waals surface area contributed by atoms with Crippen LogP contribution in [0.15, 0.2) is 74.2 Å². The third-order valence-electron chi connectivity index (χ3n) is 13.7. The second kappa shape index (κ2) is 23.7. The van der Waals surface area contributed by atoms with Crippen molar-refractivity contribution in [2.24, 2.45) is 23.7 Å². The molecule has 15 heteroatoms. The number of H-pyrrole nitrogens is 1. The molecule has 0 radical (unpaired) electrons. The molecule has 4 amide bonds. The van der Waals surface area contributed by atoms with E-state index in [1.807, 2.05) is 41.0 Å². The van der Waals surface area contributed by atoms with Crippen molar-refractivity contribution < 1.29 is 29.1 Å². The molecule has 1 aliphatic carbocycles. The smallest absolute Gasteiger partial charge is 0.246 e. The standard InChI is InChI=1S/C48H68N8O6.ClH/c1-5-36(33(2)3)28-43(57)42(27-35-16-10-7-11-17-35)53(4)47(61)38(29-37-30-50-31-51-37)45(59)39(26-34-14-8-6-9-15-34)52-46(60)40-18-12-23-56(40)48(62)41-19-13-22-55(41)44(58)20-24-54-25-21-49-32-54;/h5-6,8-9,14-15,21,25,30-33,35-36,38-43,57H,1,7,10-13,16-20,22-24,26-29H2,2-4H3,(H,50,51)(H,52,60);1H/t36-,38-,39-,40-,41+,42-,43-;/m0./s1. The number of halogens is 1. The SMILES string of the molecule is C=C[C@@H](C[C@H](O)[C@H](CC1CCCCC1)N(C)C(=O)[C@@H](Cc1cnc[nH]1)C(=O)[C@H](Cc1ccccc1)NC(=O)[C@@H]1CCCN1C(=O)[C@H]1CCCN1C(=O)CCn1ccnc1)C(C)C.Cl. The van der Waals surface area contributed by atoms with Gasteiger partial charge in [-0.3, -0.25) is 24.0 Å². The average molecular weight is 890 g/mol. The lowest BCUT2D eigenvalue weighted by Gasteiger charge is -2.38. The number of benzene rings is 1. The van der Waals surface area contributed by atoms with Crippen LogP contribution in [-0.2, 0) is 43.4 Å². The number of rotatable bonds is 21. The van der Waals surface area contributed by atoms with Crippen molar-refractivity contribution in [3.05, 3.63) is 85.5 Å². The molecule has 14 nitrogen and oxygen atoms in total. The van der Waals surface area contributed by atoms with Gasteiger partial charge in [0, 0.05) is 63.8 Å². The lowest BCUT2D eigenvalue weighted by atomic mass is 9.80. The van der Waals surface area contributed by atoms with Gasteiger partial charge < -0.3 is 34.7 Å². The van der Waals surface area contributed by atoms with Crippen LogP contribution in [0.4, 0.5) is 0 Å². The highest BCUT2D eigenvalue weighted by atomic mass is 35.5. The zero-order valence-electron chi connectivity index (χ0n) is 37.4. The molecule has 63 heavy (non-hydrogen) atoms. The number of hydrogen-bond donors (Lipinski definition) is 3. The van der Waals surface area contributed by atoms with E-state index in [9.17, 15) is 19.5 Å². The number of aliphatic hydroxyl groups excluding tert-OH is 1. The highest BCUT2D eigenvalue weighted by Crippen LogP contribution is 2.33. The average Bonchev–Trinajstić information content (AvgIpc) is 4.14. The van der Waals surface area contributed by atoms with Crippen LogP contribution in [0.25, 0.3) is 0 Å². The number of aliphatic hydroxyl groups is 1. The highest BCUT2D eigenvalue weighted by molar-refractivity contribution is 6.05. The molecule has 2 aliphatic heterocycles. The maximum atomic E-state index is 15.2. The molecule has 0 unspecified atom stereocenters. The number of nitrogens with zero attached hydrogens (tertiary/aromatic N) is 6. The number of carbonyl (C=O) groups excluding carboxylic acids is 5. The van der Waals surface area contributed by atoms with Crippen molar-refractivity contribution in [1.82, 2.24) is 39.5 Å². The molecular weight excluding hydrogens is 820 g/mol. The van der Waals surface area contributed by atoms with Gasteiger partial charge in [0.25, 0.3) is 0 Å². The summed E-state index contributed by atoms with van der Waals surface area (Å²) in [5.74, 6) is -2.28. The van der Waals surface area contributed by atoms with Crippen LogP contribution < -0.4 is 5.32 Å². The number of likely N-dealkylation sites (tertiary alicyclic amines) is 2. The number of likely N-dealkylation sites (N-methyl/N-ethyl adjacent to an activating group) is 1. The molecule has 344 valence electrons. The molecule has 4 heterocycles. The van der Waals surface area contributed by atoms with E-state index in [1.54, 1.807) is 46.7 Å². The molecular formula is C48H69ClN8O6. The van der Waals surface area contributed by atoms with Crippen LogP contribution in [-0.4, -0.2) is 119 Å². The molecule has 6 rings (SSSR count). The number of nitrogens with one attached hydrogen (secondary N) is 2. The van der Waals surface area contributed by atoms with Crippen LogP contribution >= 0.6 is 12.4 Å². The van der Waals surface area contributed by atoms with Gasteiger partial charge in [0.1, 0.15) is 18.0 Å². The van der Waals surface area contributed by atoms with E-state index in [4.69, 9.17) is 0 Å². The molecule has 7 atom stereocenters. The topological polar surface area (TPSA) is 174 Å². The monoisotopic (exact) mass is 889 g/mol. The van der Waals surface area contributed by atoms with Crippen LogP contribution in [0.3, 0.4) is 0 Å². The predicted octanol–water partition coefficient (Wildman–Crippen LogP) is 5.56. The van der Waals surface area contributed by atoms with E-state index in [0.29, 0.717) is 69.8 Å². The Morgan fingerprint density at radius 2 is 1.67 bits per heavy atom. The Morgan fingerprint density at radius 3 is 2.32 bits per heavy atom. The molecule has 0 spiro atoms. The molecule has 3 aromatic rings. The first-order valence-electron chi connectivity index (χ1n) is 22.9. The van der Waals surface area contributed by atoms with Crippen LogP contribution in [0.5, 0.6) is 0 Å². The van der Waals surface area contributed by atoms with Crippen LogP contribution in [0, 0.1) is 23.7 Å². The van der Waals surface area contributed by atoms with E-state index in [2.05, 4.69) is 40.7 Å². The second-order valence-electron chi connectivity index (χ2n) is 18.2. The van der Waals surface area contributed by atoms with Crippen LogP contribution in [0.2, 0.25) is 0 Å². The van der Waals surface area contributed by atoms with Crippen LogP contribution in [0.1, 0.15) is 102 Å². The number of ketones is 1. The van der Waals surface area contributed by atoms with Crippen molar-refractivity contribution >= 4 is 41.8 Å². The van der Waals surface area contributed by atoms with Gasteiger partial charge in [-0.25, -0.2) is 9.97 Å². The Kier molecular flexibility index (Phi) is 18.5. The van der Waals surface area contributed by atoms with E-state index in [0.717, 1.165) is 31.2 Å². The summed E-state index contributed by atoms with van der Waals surface area (Å²) < 4.78 is 1.83. The maximum absolute atomic E-state index is 15.2. The zero-order valence-corrected chi connectivity index (χ0v) is 38.2. The number of aryl methyl sites for hydroxylation is 1. The summed E-state index contributed by atoms with van der Waals surface area (Å²) in [5, 5.41) is 15.0. The summed E-state index contributed by atoms with van der Waals surface area (Å²) in [6.07, 6.45) is 18.4. The van der Waals surface area contributed by atoms with E-state index in [-0.39, 0.29) is 55.3 Å². The zero-order chi connectivity index (χ0) is 44.2. The first kappa shape index (κ1) is 49.2. The third-order valence-corrected chi connectivity index (χ3v) is 13.7. The third kappa shape index (κ3) is 12.9. The van der Waals surface area contributed by atoms with Gasteiger partial charge in [-0.05, 0) is 68.3 Å². The van der Waals surface area contributed by atoms with E-state index in [1.165, 1.54) is 12.7 Å². The Balaban J connectivity index is 0.00000748. The molecule has 1 saturated carbocycles. The number of aromatic nitrogens is 4. The van der Waals surface area contributed by atoms with Gasteiger partial charge >= 0.3 is 0 Å². The van der Waals surface area contributed by atoms with Crippen molar-refractivity contribution in [3.8, 4) is 0 Å². The highest BCUT2D eigenvalue weighted by Gasteiger charge is 2.44. The fraction of sp³-hybridized carbons (Fsp3) is 0.604. The van der Waals surface area contributed by atoms with Gasteiger partial charge in [0.2, 0.25) is 23.6 Å². The van der Waals surface area contributed by atoms with Gasteiger partial charge in [-0.15, -0.1) is 19.0 Å². The Morgan fingerprint density at radius 1 is 0.952 bits per heavy atom. The number of hydrogen-bond acceptors (Lipinski definition) is 8. The quantitative estimate of drug-likeness (QED) is 0.0921. The summed E-state index contributed by atoms with van der Waals surface area (Å²) in [4.78, 5) is 88.4. The number of allylic oxidation sites excluding steroid dienone is 1. The Labute approximate surface area is 379 Å². The fourth-order valence-corrected chi connectivity index (χ4v) is 9.94. The molecule has 2 saturated heterocycles. The van der Waals surface area contributed by atoms with Crippen molar-refractivity contribution in [2.75, 3.05) is 20.1 Å². The van der Waals surface area contributed by atoms with Gasteiger partial charge in [0.15, 0.2) is 5.78 Å². The normalized spacial score (nSPS) is 20.3. The molecule has 3 N–H and O–H groups in total. The minimum Gasteiger partial charge on any atom is -0.391 e. The molecule has 3 aliphatic rings. The predicted molar refractivity (Wildman–Crippen MR) is 243 cm³/mol. The number of imidazole rings is 2. The number of carbonyl (C=O) groups is 5. The molecule has 0 bridgehead atoms. The van der Waals surface area contributed by atoms with Gasteiger partial charge in [-0.2, -0.15) is 0 Å².